The molecule has 0 aromatic carbocycles. The van der Waals surface area contributed by atoms with Crippen molar-refractivity contribution in [2.75, 3.05) is 13.1 Å². The Balaban J connectivity index is 4.50. The van der Waals surface area contributed by atoms with Gasteiger partial charge in [0.05, 0.1) is 11.5 Å². The largest absolute Gasteiger partial charge is 0.299 e. The van der Waals surface area contributed by atoms with Crippen LogP contribution in [0.3, 0.4) is 0 Å². The third kappa shape index (κ3) is 4.60. The van der Waals surface area contributed by atoms with Gasteiger partial charge in [-0.05, 0) is 27.7 Å². The minimum atomic E-state index is -0.547. The summed E-state index contributed by atoms with van der Waals surface area (Å²) in [6.45, 7) is 9.06. The zero-order valence-electron chi connectivity index (χ0n) is 10.6. The lowest BCUT2D eigenvalue weighted by Crippen LogP contribution is -2.49. The monoisotopic (exact) mass is 226 g/mol. The van der Waals surface area contributed by atoms with Gasteiger partial charge in [-0.2, -0.15) is 5.26 Å². The fourth-order valence-corrected chi connectivity index (χ4v) is 1.49. The SMILES string of the molecule is CC(C)N(CCC#N)CC(C)(C)C(=O)NN. The average molecular weight is 226 g/mol. The van der Waals surface area contributed by atoms with Gasteiger partial charge < -0.3 is 0 Å². The van der Waals surface area contributed by atoms with Crippen molar-refractivity contribution in [2.45, 2.75) is 40.2 Å². The summed E-state index contributed by atoms with van der Waals surface area (Å²) in [7, 11) is 0. The topological polar surface area (TPSA) is 82.2 Å². The van der Waals surface area contributed by atoms with Gasteiger partial charge in [-0.1, -0.05) is 0 Å². The molecule has 0 bridgehead atoms. The Morgan fingerprint density at radius 3 is 2.50 bits per heavy atom. The predicted molar refractivity (Wildman–Crippen MR) is 63.1 cm³/mol. The normalized spacial score (nSPS) is 11.6. The molecule has 0 atom stereocenters. The van der Waals surface area contributed by atoms with Gasteiger partial charge in [0.1, 0.15) is 0 Å². The van der Waals surface area contributed by atoms with E-state index in [1.807, 2.05) is 27.7 Å². The van der Waals surface area contributed by atoms with Crippen molar-refractivity contribution in [3.63, 3.8) is 0 Å². The Kier molecular flexibility index (Phi) is 6.01. The number of nitrogens with one attached hydrogen (secondary N) is 1. The maximum Gasteiger partial charge on any atom is 0.240 e. The number of hydrazine groups is 1. The minimum absolute atomic E-state index is 0.185. The number of carbonyl (C=O) groups excluding carboxylic acids is 1. The molecule has 0 saturated heterocycles. The number of hydrogen-bond donors (Lipinski definition) is 2. The van der Waals surface area contributed by atoms with E-state index in [9.17, 15) is 4.79 Å². The van der Waals surface area contributed by atoms with Gasteiger partial charge in [0.25, 0.3) is 0 Å². The Hall–Kier alpha value is -1.12. The van der Waals surface area contributed by atoms with Crippen LogP contribution in [0, 0.1) is 16.7 Å². The van der Waals surface area contributed by atoms with Crippen molar-refractivity contribution in [1.82, 2.24) is 10.3 Å². The molecule has 5 heteroatoms. The maximum absolute atomic E-state index is 11.5. The molecule has 16 heavy (non-hydrogen) atoms. The summed E-state index contributed by atoms with van der Waals surface area (Å²) < 4.78 is 0. The van der Waals surface area contributed by atoms with Crippen LogP contribution in [0.4, 0.5) is 0 Å². The van der Waals surface area contributed by atoms with Crippen molar-refractivity contribution in [2.24, 2.45) is 11.3 Å². The molecule has 0 aromatic rings. The zero-order valence-corrected chi connectivity index (χ0v) is 10.6. The Labute approximate surface area is 97.6 Å². The Morgan fingerprint density at radius 1 is 1.56 bits per heavy atom. The molecule has 0 fully saturated rings. The van der Waals surface area contributed by atoms with Crippen molar-refractivity contribution in [3.05, 3.63) is 0 Å². The highest BCUT2D eigenvalue weighted by molar-refractivity contribution is 5.81. The molecule has 0 rings (SSSR count). The summed E-state index contributed by atoms with van der Waals surface area (Å²) in [4.78, 5) is 13.6. The summed E-state index contributed by atoms with van der Waals surface area (Å²) in [5.41, 5.74) is 1.63. The van der Waals surface area contributed by atoms with E-state index >= 15 is 0 Å². The molecule has 0 radical (unpaired) electrons. The molecule has 3 N–H and O–H groups in total. The summed E-state index contributed by atoms with van der Waals surface area (Å²) in [6, 6.07) is 2.42. The van der Waals surface area contributed by atoms with Gasteiger partial charge in [0.2, 0.25) is 5.91 Å². The van der Waals surface area contributed by atoms with E-state index in [1.54, 1.807) is 0 Å². The van der Waals surface area contributed by atoms with Gasteiger partial charge in [-0.25, -0.2) is 5.84 Å². The molecule has 0 spiro atoms. The molecule has 0 heterocycles. The molecule has 1 amide bonds. The first kappa shape index (κ1) is 14.9. The molecule has 5 nitrogen and oxygen atoms in total. The lowest BCUT2D eigenvalue weighted by molar-refractivity contribution is -0.130. The zero-order chi connectivity index (χ0) is 12.8. The second kappa shape index (κ2) is 6.46. The molecule has 92 valence electrons. The molecular formula is C11H22N4O. The smallest absolute Gasteiger partial charge is 0.240 e. The van der Waals surface area contributed by atoms with Gasteiger partial charge in [0, 0.05) is 25.6 Å². The lowest BCUT2D eigenvalue weighted by atomic mass is 9.91. The number of carbonyl (C=O) groups is 1. The number of hydrogen-bond acceptors (Lipinski definition) is 4. The highest BCUT2D eigenvalue weighted by atomic mass is 16.2. The first-order chi connectivity index (χ1) is 7.35. The van der Waals surface area contributed by atoms with Crippen LogP contribution in [0.15, 0.2) is 0 Å². The standard InChI is InChI=1S/C11H22N4O/c1-9(2)15(7-5-6-12)8-11(3,4)10(16)14-13/h9H,5,7-8,13H2,1-4H3,(H,14,16). The van der Waals surface area contributed by atoms with Crippen LogP contribution >= 0.6 is 0 Å². The Morgan fingerprint density at radius 2 is 2.12 bits per heavy atom. The minimum Gasteiger partial charge on any atom is -0.299 e. The summed E-state index contributed by atoms with van der Waals surface area (Å²) in [5.74, 6) is 4.95. The van der Waals surface area contributed by atoms with Gasteiger partial charge in [-0.3, -0.25) is 15.1 Å². The average Bonchev–Trinajstić information content (AvgIpc) is 2.22. The number of amides is 1. The van der Waals surface area contributed by atoms with Gasteiger partial charge >= 0.3 is 0 Å². The third-order valence-electron chi connectivity index (χ3n) is 2.59. The first-order valence-corrected chi connectivity index (χ1v) is 5.47. The number of nitrogens with two attached hydrogens (primary N) is 1. The van der Waals surface area contributed by atoms with E-state index in [2.05, 4.69) is 16.4 Å². The quantitative estimate of drug-likeness (QED) is 0.395. The molecule has 0 aliphatic heterocycles. The van der Waals surface area contributed by atoms with E-state index in [-0.39, 0.29) is 5.91 Å². The summed E-state index contributed by atoms with van der Waals surface area (Å²) in [5, 5.41) is 8.57. The summed E-state index contributed by atoms with van der Waals surface area (Å²) >= 11 is 0. The van der Waals surface area contributed by atoms with Crippen LogP contribution < -0.4 is 11.3 Å². The highest BCUT2D eigenvalue weighted by Gasteiger charge is 2.30. The van der Waals surface area contributed by atoms with Crippen LogP contribution in [-0.4, -0.2) is 29.9 Å². The fourth-order valence-electron chi connectivity index (χ4n) is 1.49. The van der Waals surface area contributed by atoms with E-state index in [0.29, 0.717) is 25.6 Å². The Bertz CT molecular complexity index is 268. The highest BCUT2D eigenvalue weighted by Crippen LogP contribution is 2.18. The maximum atomic E-state index is 11.5. The van der Waals surface area contributed by atoms with Gasteiger partial charge in [0.15, 0.2) is 0 Å². The van der Waals surface area contributed by atoms with Gasteiger partial charge in [-0.15, -0.1) is 0 Å². The second-order valence-electron chi connectivity index (χ2n) is 4.83. The van der Waals surface area contributed by atoms with Crippen molar-refractivity contribution in [3.8, 4) is 6.07 Å². The summed E-state index contributed by atoms with van der Waals surface area (Å²) in [6.07, 6.45) is 0.471. The second-order valence-corrected chi connectivity index (χ2v) is 4.83. The van der Waals surface area contributed by atoms with Crippen molar-refractivity contribution < 1.29 is 4.79 Å². The number of nitrogens with zero attached hydrogens (tertiary/aromatic N) is 2. The molecule has 0 aliphatic carbocycles. The molecule has 0 saturated carbocycles. The van der Waals surface area contributed by atoms with Crippen molar-refractivity contribution >= 4 is 5.91 Å². The van der Waals surface area contributed by atoms with E-state index in [4.69, 9.17) is 11.1 Å². The first-order valence-electron chi connectivity index (χ1n) is 5.47. The lowest BCUT2D eigenvalue weighted by Gasteiger charge is -2.33. The van der Waals surface area contributed by atoms with Crippen LogP contribution in [0.2, 0.25) is 0 Å². The number of nitriles is 1. The van der Waals surface area contributed by atoms with E-state index in [1.165, 1.54) is 0 Å². The van der Waals surface area contributed by atoms with Crippen LogP contribution in [0.1, 0.15) is 34.1 Å². The molecule has 0 aromatic heterocycles. The fraction of sp³-hybridized carbons (Fsp3) is 0.818. The number of rotatable bonds is 6. The van der Waals surface area contributed by atoms with Crippen LogP contribution in [0.25, 0.3) is 0 Å². The van der Waals surface area contributed by atoms with Crippen LogP contribution in [0.5, 0.6) is 0 Å². The predicted octanol–water partition coefficient (Wildman–Crippen LogP) is 0.627. The molecule has 0 unspecified atom stereocenters. The van der Waals surface area contributed by atoms with Crippen LogP contribution in [-0.2, 0) is 4.79 Å². The third-order valence-corrected chi connectivity index (χ3v) is 2.59. The molecular weight excluding hydrogens is 204 g/mol. The van der Waals surface area contributed by atoms with E-state index < -0.39 is 5.41 Å². The molecule has 0 aliphatic rings. The van der Waals surface area contributed by atoms with Crippen molar-refractivity contribution in [1.29, 1.82) is 5.26 Å². The van der Waals surface area contributed by atoms with E-state index in [0.717, 1.165) is 0 Å².